The van der Waals surface area contributed by atoms with Crippen LogP contribution in [0.4, 0.5) is 0 Å². The maximum Gasteiger partial charge on any atom is 0.150 e. The van der Waals surface area contributed by atoms with Crippen LogP contribution in [-0.4, -0.2) is 26.5 Å². The van der Waals surface area contributed by atoms with Crippen LogP contribution in [0.25, 0.3) is 0 Å². The van der Waals surface area contributed by atoms with E-state index in [4.69, 9.17) is 0 Å². The standard InChI is InChI=1S/C13H22BrNO2S2/c1-3-9-15-11(12-7-8-13(14)18-12)6-5-10-19(16,17)4-2/h7-8,11,15H,3-6,9-10H2,1-2H3. The van der Waals surface area contributed by atoms with Crippen LogP contribution < -0.4 is 5.32 Å². The fourth-order valence-corrected chi connectivity index (χ4v) is 4.26. The minimum Gasteiger partial charge on any atom is -0.309 e. The Balaban J connectivity index is 2.55. The maximum atomic E-state index is 11.5. The van der Waals surface area contributed by atoms with Crippen LogP contribution in [0.5, 0.6) is 0 Å². The van der Waals surface area contributed by atoms with E-state index in [1.54, 1.807) is 18.3 Å². The van der Waals surface area contributed by atoms with Gasteiger partial charge in [-0.25, -0.2) is 8.42 Å². The molecule has 0 amide bonds. The Labute approximate surface area is 128 Å². The molecule has 19 heavy (non-hydrogen) atoms. The minimum absolute atomic E-state index is 0.241. The summed E-state index contributed by atoms with van der Waals surface area (Å²) in [7, 11) is -2.85. The van der Waals surface area contributed by atoms with E-state index in [9.17, 15) is 8.42 Å². The van der Waals surface area contributed by atoms with Gasteiger partial charge >= 0.3 is 0 Å². The molecule has 0 aromatic carbocycles. The highest BCUT2D eigenvalue weighted by atomic mass is 79.9. The molecule has 0 spiro atoms. The summed E-state index contributed by atoms with van der Waals surface area (Å²) in [6.45, 7) is 4.80. The molecule has 1 rings (SSSR count). The summed E-state index contributed by atoms with van der Waals surface area (Å²) < 4.78 is 24.1. The molecule has 0 bridgehead atoms. The predicted octanol–water partition coefficient (Wildman–Crippen LogP) is 3.77. The lowest BCUT2D eigenvalue weighted by atomic mass is 10.1. The summed E-state index contributed by atoms with van der Waals surface area (Å²) in [6, 6.07) is 4.42. The highest BCUT2D eigenvalue weighted by Crippen LogP contribution is 2.29. The molecule has 0 radical (unpaired) electrons. The second kappa shape index (κ2) is 8.39. The quantitative estimate of drug-likeness (QED) is 0.722. The summed E-state index contributed by atoms with van der Waals surface area (Å²) in [5.41, 5.74) is 0. The molecule has 0 saturated heterocycles. The summed E-state index contributed by atoms with van der Waals surface area (Å²) in [5, 5.41) is 3.50. The van der Waals surface area contributed by atoms with E-state index in [2.05, 4.69) is 34.2 Å². The zero-order chi connectivity index (χ0) is 14.3. The van der Waals surface area contributed by atoms with E-state index in [0.717, 1.165) is 23.2 Å². The number of halogens is 1. The summed E-state index contributed by atoms with van der Waals surface area (Å²) in [6.07, 6.45) is 2.66. The van der Waals surface area contributed by atoms with Crippen molar-refractivity contribution in [2.45, 2.75) is 39.2 Å². The SMILES string of the molecule is CCCNC(CCCS(=O)(=O)CC)c1ccc(Br)s1. The van der Waals surface area contributed by atoms with Gasteiger partial charge in [0, 0.05) is 16.7 Å². The summed E-state index contributed by atoms with van der Waals surface area (Å²) in [4.78, 5) is 1.27. The van der Waals surface area contributed by atoms with E-state index >= 15 is 0 Å². The van der Waals surface area contributed by atoms with Gasteiger partial charge < -0.3 is 5.32 Å². The monoisotopic (exact) mass is 367 g/mol. The molecular formula is C13H22BrNO2S2. The predicted molar refractivity (Wildman–Crippen MR) is 86.6 cm³/mol. The lowest BCUT2D eigenvalue weighted by Gasteiger charge is -2.17. The summed E-state index contributed by atoms with van der Waals surface area (Å²) >= 11 is 5.19. The van der Waals surface area contributed by atoms with Gasteiger partial charge in [0.2, 0.25) is 0 Å². The molecule has 0 saturated carbocycles. The number of rotatable bonds is 9. The van der Waals surface area contributed by atoms with Crippen LogP contribution in [-0.2, 0) is 9.84 Å². The normalized spacial score (nSPS) is 13.6. The number of thiophene rings is 1. The Kier molecular flexibility index (Phi) is 7.57. The van der Waals surface area contributed by atoms with Crippen molar-refractivity contribution < 1.29 is 8.42 Å². The van der Waals surface area contributed by atoms with Gasteiger partial charge in [-0.05, 0) is 53.9 Å². The second-order valence-electron chi connectivity index (χ2n) is 4.53. The van der Waals surface area contributed by atoms with Crippen LogP contribution in [0, 0.1) is 0 Å². The third kappa shape index (κ3) is 6.38. The van der Waals surface area contributed by atoms with Crippen LogP contribution >= 0.6 is 27.3 Å². The summed E-state index contributed by atoms with van der Waals surface area (Å²) in [5.74, 6) is 0.533. The molecule has 0 aliphatic heterocycles. The minimum atomic E-state index is -2.85. The van der Waals surface area contributed by atoms with Gasteiger partial charge in [0.1, 0.15) is 9.84 Å². The van der Waals surface area contributed by atoms with Crippen LogP contribution in [0.15, 0.2) is 15.9 Å². The Morgan fingerprint density at radius 3 is 2.63 bits per heavy atom. The van der Waals surface area contributed by atoms with Crippen LogP contribution in [0.2, 0.25) is 0 Å². The highest BCUT2D eigenvalue weighted by molar-refractivity contribution is 9.11. The molecule has 1 heterocycles. The highest BCUT2D eigenvalue weighted by Gasteiger charge is 2.15. The molecule has 1 unspecified atom stereocenters. The van der Waals surface area contributed by atoms with Crippen molar-refractivity contribution in [1.82, 2.24) is 5.32 Å². The zero-order valence-electron chi connectivity index (χ0n) is 11.5. The van der Waals surface area contributed by atoms with E-state index in [0.29, 0.717) is 12.2 Å². The van der Waals surface area contributed by atoms with Gasteiger partial charge in [0.05, 0.1) is 9.54 Å². The Hall–Kier alpha value is 0.0900. The largest absolute Gasteiger partial charge is 0.309 e. The fraction of sp³-hybridized carbons (Fsp3) is 0.692. The first-order valence-electron chi connectivity index (χ1n) is 6.67. The smallest absolute Gasteiger partial charge is 0.150 e. The number of nitrogens with one attached hydrogen (secondary N) is 1. The van der Waals surface area contributed by atoms with Gasteiger partial charge in [-0.1, -0.05) is 13.8 Å². The van der Waals surface area contributed by atoms with Crippen molar-refractivity contribution in [2.24, 2.45) is 0 Å². The van der Waals surface area contributed by atoms with E-state index in [1.807, 2.05) is 6.07 Å². The van der Waals surface area contributed by atoms with Crippen molar-refractivity contribution >= 4 is 37.1 Å². The van der Waals surface area contributed by atoms with Crippen molar-refractivity contribution in [3.05, 3.63) is 20.8 Å². The van der Waals surface area contributed by atoms with Gasteiger partial charge in [0.25, 0.3) is 0 Å². The molecule has 1 atom stereocenters. The Morgan fingerprint density at radius 1 is 1.37 bits per heavy atom. The first-order chi connectivity index (χ1) is 8.98. The van der Waals surface area contributed by atoms with E-state index < -0.39 is 9.84 Å². The first-order valence-corrected chi connectivity index (χ1v) is 10.1. The van der Waals surface area contributed by atoms with E-state index in [-0.39, 0.29) is 11.8 Å². The van der Waals surface area contributed by atoms with Gasteiger partial charge in [-0.15, -0.1) is 11.3 Å². The van der Waals surface area contributed by atoms with Crippen molar-refractivity contribution in [2.75, 3.05) is 18.1 Å². The average molecular weight is 368 g/mol. The van der Waals surface area contributed by atoms with Crippen molar-refractivity contribution in [3.63, 3.8) is 0 Å². The van der Waals surface area contributed by atoms with Crippen molar-refractivity contribution in [3.8, 4) is 0 Å². The molecule has 0 aliphatic carbocycles. The van der Waals surface area contributed by atoms with Crippen LogP contribution in [0.3, 0.4) is 0 Å². The lowest BCUT2D eigenvalue weighted by Crippen LogP contribution is -2.22. The molecule has 110 valence electrons. The molecule has 6 heteroatoms. The molecule has 0 aliphatic rings. The van der Waals surface area contributed by atoms with Gasteiger partial charge in [-0.3, -0.25) is 0 Å². The maximum absolute atomic E-state index is 11.5. The molecule has 1 aromatic heterocycles. The Morgan fingerprint density at radius 2 is 2.11 bits per heavy atom. The van der Waals surface area contributed by atoms with Crippen molar-refractivity contribution in [1.29, 1.82) is 0 Å². The molecule has 3 nitrogen and oxygen atoms in total. The number of sulfone groups is 1. The third-order valence-corrected chi connectivity index (χ3v) is 6.49. The fourth-order valence-electron chi connectivity index (χ4n) is 1.83. The number of hydrogen-bond donors (Lipinski definition) is 1. The molecule has 0 fully saturated rings. The molecular weight excluding hydrogens is 346 g/mol. The topological polar surface area (TPSA) is 46.2 Å². The lowest BCUT2D eigenvalue weighted by molar-refractivity contribution is 0.498. The first kappa shape index (κ1) is 17.1. The third-order valence-electron chi connectivity index (χ3n) is 2.97. The molecule has 1 aromatic rings. The van der Waals surface area contributed by atoms with Gasteiger partial charge in [-0.2, -0.15) is 0 Å². The second-order valence-corrected chi connectivity index (χ2v) is 9.49. The van der Waals surface area contributed by atoms with Crippen LogP contribution in [0.1, 0.15) is 44.0 Å². The molecule has 1 N–H and O–H groups in total. The zero-order valence-corrected chi connectivity index (χ0v) is 14.7. The van der Waals surface area contributed by atoms with E-state index in [1.165, 1.54) is 4.88 Å². The number of hydrogen-bond acceptors (Lipinski definition) is 4. The Bertz CT molecular complexity index is 471. The van der Waals surface area contributed by atoms with Gasteiger partial charge in [0.15, 0.2) is 0 Å². The average Bonchev–Trinajstić information content (AvgIpc) is 2.80.